The maximum absolute atomic E-state index is 13.6. The molecule has 0 heterocycles. The van der Waals surface area contributed by atoms with Crippen molar-refractivity contribution in [3.05, 3.63) is 69.9 Å². The lowest BCUT2D eigenvalue weighted by molar-refractivity contribution is 0.0912. The molecule has 20 heavy (non-hydrogen) atoms. The zero-order valence-corrected chi connectivity index (χ0v) is 12.1. The zero-order chi connectivity index (χ0) is 14.5. The number of rotatable bonds is 4. The van der Waals surface area contributed by atoms with E-state index in [0.29, 0.717) is 10.0 Å². The Bertz CT molecular complexity index is 604. The van der Waals surface area contributed by atoms with Gasteiger partial charge >= 0.3 is 0 Å². The van der Waals surface area contributed by atoms with Gasteiger partial charge < -0.3 is 10.4 Å². The Kier molecular flexibility index (Phi) is 4.87. The van der Waals surface area contributed by atoms with Gasteiger partial charge in [0.1, 0.15) is 5.82 Å². The largest absolute Gasteiger partial charge is 0.387 e. The summed E-state index contributed by atoms with van der Waals surface area (Å²) >= 11 is 3.13. The summed E-state index contributed by atoms with van der Waals surface area (Å²) in [6, 6.07) is 13.2. The number of amides is 1. The van der Waals surface area contributed by atoms with Crippen LogP contribution in [0, 0.1) is 5.82 Å². The third kappa shape index (κ3) is 3.65. The normalized spacial score (nSPS) is 11.9. The van der Waals surface area contributed by atoms with E-state index in [2.05, 4.69) is 21.2 Å². The fraction of sp³-hybridized carbons (Fsp3) is 0.133. The molecule has 2 aromatic rings. The summed E-state index contributed by atoms with van der Waals surface area (Å²) in [5.41, 5.74) is 0.650. The number of carbonyl (C=O) groups excluding carboxylic acids is 1. The molecule has 5 heteroatoms. The fourth-order valence-corrected chi connectivity index (χ4v) is 2.08. The second-order valence-corrected chi connectivity index (χ2v) is 5.18. The number of hydrogen-bond donors (Lipinski definition) is 2. The van der Waals surface area contributed by atoms with Crippen molar-refractivity contribution in [1.29, 1.82) is 0 Å². The van der Waals surface area contributed by atoms with Crippen LogP contribution in [0.25, 0.3) is 0 Å². The third-order valence-corrected chi connectivity index (χ3v) is 3.31. The van der Waals surface area contributed by atoms with Crippen molar-refractivity contribution in [1.82, 2.24) is 5.32 Å². The summed E-state index contributed by atoms with van der Waals surface area (Å²) < 4.78 is 14.2. The number of benzene rings is 2. The average molecular weight is 338 g/mol. The number of nitrogens with one attached hydrogen (secondary N) is 1. The molecule has 0 aliphatic carbocycles. The Morgan fingerprint density at radius 2 is 1.95 bits per heavy atom. The molecule has 0 aliphatic heterocycles. The van der Waals surface area contributed by atoms with E-state index >= 15 is 0 Å². The molecule has 1 unspecified atom stereocenters. The highest BCUT2D eigenvalue weighted by molar-refractivity contribution is 9.10. The van der Waals surface area contributed by atoms with Gasteiger partial charge in [0.15, 0.2) is 0 Å². The first-order valence-electron chi connectivity index (χ1n) is 6.04. The van der Waals surface area contributed by atoms with Gasteiger partial charge in [-0.2, -0.15) is 0 Å². The molecule has 3 nitrogen and oxygen atoms in total. The lowest BCUT2D eigenvalue weighted by Crippen LogP contribution is -2.29. The van der Waals surface area contributed by atoms with Crippen molar-refractivity contribution in [3.8, 4) is 0 Å². The molecule has 0 spiro atoms. The van der Waals surface area contributed by atoms with E-state index in [1.54, 1.807) is 30.3 Å². The van der Waals surface area contributed by atoms with Crippen LogP contribution in [0.15, 0.2) is 53.0 Å². The molecule has 0 saturated heterocycles. The second kappa shape index (κ2) is 6.63. The van der Waals surface area contributed by atoms with Gasteiger partial charge in [0, 0.05) is 11.0 Å². The minimum atomic E-state index is -0.821. The van der Waals surface area contributed by atoms with Crippen LogP contribution in [0.3, 0.4) is 0 Å². The lowest BCUT2D eigenvalue weighted by Gasteiger charge is -2.12. The van der Waals surface area contributed by atoms with Gasteiger partial charge in [0.05, 0.1) is 11.7 Å². The monoisotopic (exact) mass is 337 g/mol. The van der Waals surface area contributed by atoms with Gasteiger partial charge in [-0.05, 0) is 23.8 Å². The summed E-state index contributed by atoms with van der Waals surface area (Å²) in [4.78, 5) is 11.8. The van der Waals surface area contributed by atoms with Crippen LogP contribution in [0.5, 0.6) is 0 Å². The molecule has 0 fully saturated rings. The highest BCUT2D eigenvalue weighted by atomic mass is 79.9. The molecule has 2 aromatic carbocycles. The maximum Gasteiger partial charge on any atom is 0.254 e. The van der Waals surface area contributed by atoms with E-state index in [-0.39, 0.29) is 12.1 Å². The third-order valence-electron chi connectivity index (χ3n) is 2.82. The molecule has 104 valence electrons. The minimum Gasteiger partial charge on any atom is -0.387 e. The van der Waals surface area contributed by atoms with Crippen molar-refractivity contribution < 1.29 is 14.3 Å². The number of halogens is 2. The van der Waals surface area contributed by atoms with Gasteiger partial charge in [0.25, 0.3) is 5.91 Å². The highest BCUT2D eigenvalue weighted by Crippen LogP contribution is 2.16. The van der Waals surface area contributed by atoms with E-state index in [0.717, 1.165) is 0 Å². The first-order valence-corrected chi connectivity index (χ1v) is 6.83. The van der Waals surface area contributed by atoms with Crippen molar-refractivity contribution in [3.63, 3.8) is 0 Å². The molecule has 2 N–H and O–H groups in total. The first kappa shape index (κ1) is 14.7. The highest BCUT2D eigenvalue weighted by Gasteiger charge is 2.14. The SMILES string of the molecule is O=C(NCC(O)c1ccccc1)c1ccc(Br)cc1F. The smallest absolute Gasteiger partial charge is 0.254 e. The predicted molar refractivity (Wildman–Crippen MR) is 77.8 cm³/mol. The van der Waals surface area contributed by atoms with Gasteiger partial charge in [-0.25, -0.2) is 4.39 Å². The van der Waals surface area contributed by atoms with Crippen molar-refractivity contribution in [2.45, 2.75) is 6.10 Å². The summed E-state index contributed by atoms with van der Waals surface area (Å²) in [5.74, 6) is -1.16. The topological polar surface area (TPSA) is 49.3 Å². The van der Waals surface area contributed by atoms with Crippen molar-refractivity contribution in [2.75, 3.05) is 6.54 Å². The molecule has 0 radical (unpaired) electrons. The van der Waals surface area contributed by atoms with E-state index in [1.807, 2.05) is 6.07 Å². The van der Waals surface area contributed by atoms with Crippen LogP contribution >= 0.6 is 15.9 Å². The van der Waals surface area contributed by atoms with Crippen LogP contribution in [0.4, 0.5) is 4.39 Å². The Labute approximate surface area is 124 Å². The molecular weight excluding hydrogens is 325 g/mol. The van der Waals surface area contributed by atoms with Gasteiger partial charge in [-0.1, -0.05) is 46.3 Å². The number of carbonyl (C=O) groups is 1. The van der Waals surface area contributed by atoms with Crippen molar-refractivity contribution in [2.24, 2.45) is 0 Å². The number of aliphatic hydroxyl groups excluding tert-OH is 1. The van der Waals surface area contributed by atoms with E-state index in [1.165, 1.54) is 12.1 Å². The van der Waals surface area contributed by atoms with Crippen LogP contribution in [0.2, 0.25) is 0 Å². The van der Waals surface area contributed by atoms with Gasteiger partial charge in [-0.3, -0.25) is 4.79 Å². The Morgan fingerprint density at radius 3 is 2.60 bits per heavy atom. The summed E-state index contributed by atoms with van der Waals surface area (Å²) in [5, 5.41) is 12.4. The summed E-state index contributed by atoms with van der Waals surface area (Å²) in [6.07, 6.45) is -0.821. The number of hydrogen-bond acceptors (Lipinski definition) is 2. The van der Waals surface area contributed by atoms with Crippen molar-refractivity contribution >= 4 is 21.8 Å². The molecule has 1 atom stereocenters. The van der Waals surface area contributed by atoms with Crippen LogP contribution < -0.4 is 5.32 Å². The van der Waals surface area contributed by atoms with Gasteiger partial charge in [-0.15, -0.1) is 0 Å². The molecule has 0 aliphatic rings. The van der Waals surface area contributed by atoms with E-state index < -0.39 is 17.8 Å². The Hall–Kier alpha value is -1.72. The molecule has 0 saturated carbocycles. The van der Waals surface area contributed by atoms with Gasteiger partial charge in [0.2, 0.25) is 0 Å². The molecule has 1 amide bonds. The molecular formula is C15H13BrFNO2. The second-order valence-electron chi connectivity index (χ2n) is 4.26. The standard InChI is InChI=1S/C15H13BrFNO2/c16-11-6-7-12(13(17)8-11)15(20)18-9-14(19)10-4-2-1-3-5-10/h1-8,14,19H,9H2,(H,18,20). The van der Waals surface area contributed by atoms with Crippen LogP contribution in [0.1, 0.15) is 22.0 Å². The van der Waals surface area contributed by atoms with E-state index in [4.69, 9.17) is 0 Å². The zero-order valence-electron chi connectivity index (χ0n) is 10.5. The molecule has 2 rings (SSSR count). The quantitative estimate of drug-likeness (QED) is 0.900. The first-order chi connectivity index (χ1) is 9.58. The molecule has 0 aromatic heterocycles. The maximum atomic E-state index is 13.6. The molecule has 0 bridgehead atoms. The summed E-state index contributed by atoms with van der Waals surface area (Å²) in [7, 11) is 0. The van der Waals surface area contributed by atoms with E-state index in [9.17, 15) is 14.3 Å². The Morgan fingerprint density at radius 1 is 1.25 bits per heavy atom. The number of aliphatic hydroxyl groups is 1. The Balaban J connectivity index is 1.99. The minimum absolute atomic E-state index is 0.0261. The predicted octanol–water partition coefficient (Wildman–Crippen LogP) is 3.05. The fourth-order valence-electron chi connectivity index (χ4n) is 1.75. The van der Waals surface area contributed by atoms with Crippen LogP contribution in [-0.2, 0) is 0 Å². The average Bonchev–Trinajstić information content (AvgIpc) is 2.45. The van der Waals surface area contributed by atoms with Crippen LogP contribution in [-0.4, -0.2) is 17.6 Å². The lowest BCUT2D eigenvalue weighted by atomic mass is 10.1. The summed E-state index contributed by atoms with van der Waals surface area (Å²) in [6.45, 7) is 0.0261.